The van der Waals surface area contributed by atoms with Gasteiger partial charge in [-0.05, 0) is 58.6 Å². The van der Waals surface area contributed by atoms with Crippen molar-refractivity contribution >= 4 is 6.09 Å². The minimum atomic E-state index is -0.468. The Bertz CT molecular complexity index is 435. The van der Waals surface area contributed by atoms with Gasteiger partial charge in [0.2, 0.25) is 0 Å². The second kappa shape index (κ2) is 8.03. The van der Waals surface area contributed by atoms with Crippen molar-refractivity contribution in [3.63, 3.8) is 0 Å². The monoisotopic (exact) mass is 292 g/mol. The standard InChI is InChI=1S/C17H28N2O2/c1-13-5-7-14(8-6-13)9-10-15(11-18)12-19-16(20)21-17(2,3)4/h5-8,15H,9-12,18H2,1-4H3,(H,19,20). The average Bonchev–Trinajstić information content (AvgIpc) is 2.39. The van der Waals surface area contributed by atoms with E-state index in [1.54, 1.807) is 0 Å². The molecular formula is C17H28N2O2. The lowest BCUT2D eigenvalue weighted by molar-refractivity contribution is 0.0519. The molecule has 1 aromatic rings. The molecule has 1 atom stereocenters. The van der Waals surface area contributed by atoms with Crippen LogP contribution < -0.4 is 11.1 Å². The van der Waals surface area contributed by atoms with E-state index in [4.69, 9.17) is 10.5 Å². The Morgan fingerprint density at radius 2 is 1.90 bits per heavy atom. The number of carbonyl (C=O) groups is 1. The number of nitrogens with one attached hydrogen (secondary N) is 1. The average molecular weight is 292 g/mol. The molecule has 1 rings (SSSR count). The van der Waals surface area contributed by atoms with E-state index in [-0.39, 0.29) is 12.0 Å². The fraction of sp³-hybridized carbons (Fsp3) is 0.588. The molecule has 0 radical (unpaired) electrons. The Labute approximate surface area is 128 Å². The first-order valence-corrected chi connectivity index (χ1v) is 7.52. The van der Waals surface area contributed by atoms with Crippen LogP contribution in [0.3, 0.4) is 0 Å². The second-order valence-electron chi connectivity index (χ2n) is 6.51. The summed E-state index contributed by atoms with van der Waals surface area (Å²) >= 11 is 0. The van der Waals surface area contributed by atoms with Crippen LogP contribution in [0.25, 0.3) is 0 Å². The summed E-state index contributed by atoms with van der Waals surface area (Å²) in [5.41, 5.74) is 7.88. The highest BCUT2D eigenvalue weighted by atomic mass is 16.6. The van der Waals surface area contributed by atoms with Gasteiger partial charge in [0, 0.05) is 6.54 Å². The van der Waals surface area contributed by atoms with Gasteiger partial charge in [0.25, 0.3) is 0 Å². The number of rotatable bonds is 6. The molecule has 0 aliphatic carbocycles. The van der Waals surface area contributed by atoms with E-state index in [2.05, 4.69) is 36.5 Å². The maximum atomic E-state index is 11.6. The lowest BCUT2D eigenvalue weighted by atomic mass is 9.99. The summed E-state index contributed by atoms with van der Waals surface area (Å²) in [6, 6.07) is 8.52. The van der Waals surface area contributed by atoms with Gasteiger partial charge < -0.3 is 15.8 Å². The molecule has 1 aromatic carbocycles. The maximum absolute atomic E-state index is 11.6. The molecule has 0 heterocycles. The predicted molar refractivity (Wildman–Crippen MR) is 86.3 cm³/mol. The van der Waals surface area contributed by atoms with Crippen molar-refractivity contribution in [1.29, 1.82) is 0 Å². The molecule has 0 saturated heterocycles. The van der Waals surface area contributed by atoms with E-state index >= 15 is 0 Å². The second-order valence-corrected chi connectivity index (χ2v) is 6.51. The van der Waals surface area contributed by atoms with E-state index in [1.807, 2.05) is 20.8 Å². The highest BCUT2D eigenvalue weighted by Gasteiger charge is 2.17. The minimum Gasteiger partial charge on any atom is -0.444 e. The first-order valence-electron chi connectivity index (χ1n) is 7.52. The van der Waals surface area contributed by atoms with E-state index in [1.165, 1.54) is 11.1 Å². The molecule has 0 aliphatic heterocycles. The van der Waals surface area contributed by atoms with Crippen LogP contribution in [0.5, 0.6) is 0 Å². The lowest BCUT2D eigenvalue weighted by Crippen LogP contribution is -2.37. The van der Waals surface area contributed by atoms with Crippen LogP contribution in [0.15, 0.2) is 24.3 Å². The molecule has 1 unspecified atom stereocenters. The van der Waals surface area contributed by atoms with Crippen LogP contribution in [0.2, 0.25) is 0 Å². The molecule has 21 heavy (non-hydrogen) atoms. The quantitative estimate of drug-likeness (QED) is 0.847. The number of amides is 1. The van der Waals surface area contributed by atoms with Gasteiger partial charge in [-0.1, -0.05) is 29.8 Å². The molecule has 0 fully saturated rings. The van der Waals surface area contributed by atoms with Gasteiger partial charge in [0.15, 0.2) is 0 Å². The fourth-order valence-electron chi connectivity index (χ4n) is 1.97. The zero-order valence-corrected chi connectivity index (χ0v) is 13.6. The number of aryl methyl sites for hydroxylation is 2. The highest BCUT2D eigenvalue weighted by molar-refractivity contribution is 5.67. The van der Waals surface area contributed by atoms with Gasteiger partial charge >= 0.3 is 6.09 Å². The Morgan fingerprint density at radius 1 is 1.29 bits per heavy atom. The Balaban J connectivity index is 2.34. The summed E-state index contributed by atoms with van der Waals surface area (Å²) in [6.45, 7) is 8.75. The fourth-order valence-corrected chi connectivity index (χ4v) is 1.97. The number of hydrogen-bond acceptors (Lipinski definition) is 3. The third-order valence-electron chi connectivity index (χ3n) is 3.23. The smallest absolute Gasteiger partial charge is 0.407 e. The third kappa shape index (κ3) is 7.71. The molecule has 4 heteroatoms. The third-order valence-corrected chi connectivity index (χ3v) is 3.23. The summed E-state index contributed by atoms with van der Waals surface area (Å²) in [5, 5.41) is 2.79. The Kier molecular flexibility index (Phi) is 6.69. The van der Waals surface area contributed by atoms with Crippen LogP contribution in [-0.4, -0.2) is 24.8 Å². The number of carbonyl (C=O) groups excluding carboxylic acids is 1. The molecule has 1 amide bonds. The molecule has 3 N–H and O–H groups in total. The van der Waals surface area contributed by atoms with Crippen molar-refractivity contribution in [2.24, 2.45) is 11.7 Å². The number of nitrogens with two attached hydrogens (primary N) is 1. The van der Waals surface area contributed by atoms with Crippen molar-refractivity contribution < 1.29 is 9.53 Å². The van der Waals surface area contributed by atoms with Gasteiger partial charge in [0.05, 0.1) is 0 Å². The zero-order valence-electron chi connectivity index (χ0n) is 13.6. The van der Waals surface area contributed by atoms with Crippen molar-refractivity contribution in [2.45, 2.75) is 46.1 Å². The molecule has 0 saturated carbocycles. The number of alkyl carbamates (subject to hydrolysis) is 1. The predicted octanol–water partition coefficient (Wildman–Crippen LogP) is 3.03. The summed E-state index contributed by atoms with van der Waals surface area (Å²) < 4.78 is 5.22. The maximum Gasteiger partial charge on any atom is 0.407 e. The summed E-state index contributed by atoms with van der Waals surface area (Å²) in [7, 11) is 0. The van der Waals surface area contributed by atoms with Gasteiger partial charge in [0.1, 0.15) is 5.60 Å². The summed E-state index contributed by atoms with van der Waals surface area (Å²) in [6.07, 6.45) is 1.55. The first kappa shape index (κ1) is 17.5. The van der Waals surface area contributed by atoms with Gasteiger partial charge in [-0.15, -0.1) is 0 Å². The number of benzene rings is 1. The molecule has 0 bridgehead atoms. The van der Waals surface area contributed by atoms with Crippen LogP contribution >= 0.6 is 0 Å². The summed E-state index contributed by atoms with van der Waals surface area (Å²) in [4.78, 5) is 11.6. The van der Waals surface area contributed by atoms with Gasteiger partial charge in [-0.2, -0.15) is 0 Å². The molecule has 0 aliphatic rings. The zero-order chi connectivity index (χ0) is 15.9. The van der Waals surface area contributed by atoms with E-state index < -0.39 is 5.60 Å². The van der Waals surface area contributed by atoms with Crippen molar-refractivity contribution in [1.82, 2.24) is 5.32 Å². The Hall–Kier alpha value is -1.55. The van der Waals surface area contributed by atoms with Crippen LogP contribution in [0.1, 0.15) is 38.3 Å². The highest BCUT2D eigenvalue weighted by Crippen LogP contribution is 2.11. The van der Waals surface area contributed by atoms with E-state index in [0.29, 0.717) is 13.1 Å². The van der Waals surface area contributed by atoms with Crippen molar-refractivity contribution in [3.05, 3.63) is 35.4 Å². The minimum absolute atomic E-state index is 0.263. The van der Waals surface area contributed by atoms with Crippen LogP contribution in [0, 0.1) is 12.8 Å². The van der Waals surface area contributed by atoms with Crippen LogP contribution in [0.4, 0.5) is 4.79 Å². The topological polar surface area (TPSA) is 64.3 Å². The van der Waals surface area contributed by atoms with E-state index in [0.717, 1.165) is 12.8 Å². The first-order chi connectivity index (χ1) is 9.80. The number of ether oxygens (including phenoxy) is 1. The van der Waals surface area contributed by atoms with Gasteiger partial charge in [-0.3, -0.25) is 0 Å². The van der Waals surface area contributed by atoms with Crippen molar-refractivity contribution in [3.8, 4) is 0 Å². The lowest BCUT2D eigenvalue weighted by Gasteiger charge is -2.21. The molecule has 4 nitrogen and oxygen atoms in total. The number of hydrogen-bond donors (Lipinski definition) is 2. The summed E-state index contributed by atoms with van der Waals surface area (Å²) in [5.74, 6) is 0.263. The normalized spacial score (nSPS) is 12.8. The van der Waals surface area contributed by atoms with Crippen molar-refractivity contribution in [2.75, 3.05) is 13.1 Å². The molecular weight excluding hydrogens is 264 g/mol. The SMILES string of the molecule is Cc1ccc(CCC(CN)CNC(=O)OC(C)(C)C)cc1. The molecule has 0 aromatic heterocycles. The van der Waals surface area contributed by atoms with E-state index in [9.17, 15) is 4.79 Å². The van der Waals surface area contributed by atoms with Crippen LogP contribution in [-0.2, 0) is 11.2 Å². The molecule has 118 valence electrons. The Morgan fingerprint density at radius 3 is 2.43 bits per heavy atom. The molecule has 0 spiro atoms. The van der Waals surface area contributed by atoms with Gasteiger partial charge in [-0.25, -0.2) is 4.79 Å². The largest absolute Gasteiger partial charge is 0.444 e.